The van der Waals surface area contributed by atoms with E-state index in [1.165, 1.54) is 31.0 Å². The van der Waals surface area contributed by atoms with Gasteiger partial charge in [-0.15, -0.1) is 0 Å². The number of hydrogen-bond donors (Lipinski definition) is 0. The third-order valence-corrected chi connectivity index (χ3v) is 5.39. The van der Waals surface area contributed by atoms with Crippen molar-refractivity contribution < 1.29 is 22.7 Å². The Labute approximate surface area is 166 Å². The van der Waals surface area contributed by atoms with Crippen molar-refractivity contribution >= 4 is 5.91 Å². The SMILES string of the molecule is CC(C)(C(=O)N1C[C@@H]2C[C@H]1c1cncc(C#Cc3ccccc3F)c1O2)C(F)F. The van der Waals surface area contributed by atoms with Crippen LogP contribution < -0.4 is 4.74 Å². The summed E-state index contributed by atoms with van der Waals surface area (Å²) in [5.41, 5.74) is -0.424. The van der Waals surface area contributed by atoms with E-state index in [0.29, 0.717) is 23.3 Å². The number of halogens is 3. The molecule has 3 heterocycles. The van der Waals surface area contributed by atoms with Crippen LogP contribution >= 0.6 is 0 Å². The lowest BCUT2D eigenvalue weighted by Crippen LogP contribution is -2.44. The Morgan fingerprint density at radius 2 is 1.97 bits per heavy atom. The van der Waals surface area contributed by atoms with Crippen molar-refractivity contribution in [1.82, 2.24) is 9.88 Å². The number of amides is 1. The van der Waals surface area contributed by atoms with E-state index >= 15 is 0 Å². The molecule has 7 heteroatoms. The van der Waals surface area contributed by atoms with Gasteiger partial charge in [0.15, 0.2) is 0 Å². The van der Waals surface area contributed by atoms with Crippen molar-refractivity contribution in [1.29, 1.82) is 0 Å². The van der Waals surface area contributed by atoms with E-state index in [-0.39, 0.29) is 18.2 Å². The number of fused-ring (bicyclic) bond motifs is 4. The highest BCUT2D eigenvalue weighted by molar-refractivity contribution is 5.83. The number of aromatic nitrogens is 1. The lowest BCUT2D eigenvalue weighted by atomic mass is 9.91. The third-order valence-electron chi connectivity index (χ3n) is 5.39. The summed E-state index contributed by atoms with van der Waals surface area (Å²) in [6.07, 6.45) is 0.538. The Bertz CT molecular complexity index is 1030. The van der Waals surface area contributed by atoms with E-state index in [4.69, 9.17) is 4.74 Å². The summed E-state index contributed by atoms with van der Waals surface area (Å²) >= 11 is 0. The topological polar surface area (TPSA) is 42.4 Å². The van der Waals surface area contributed by atoms with Crippen molar-refractivity contribution in [3.63, 3.8) is 0 Å². The summed E-state index contributed by atoms with van der Waals surface area (Å²) in [5.74, 6) is 5.11. The Morgan fingerprint density at radius 1 is 1.24 bits per heavy atom. The lowest BCUT2D eigenvalue weighted by molar-refractivity contribution is -0.149. The molecule has 2 bridgehead atoms. The summed E-state index contributed by atoms with van der Waals surface area (Å²) in [7, 11) is 0. The van der Waals surface area contributed by atoms with Crippen LogP contribution in [0.3, 0.4) is 0 Å². The van der Waals surface area contributed by atoms with Crippen LogP contribution in [0.1, 0.15) is 43.0 Å². The predicted molar refractivity (Wildman–Crippen MR) is 99.9 cm³/mol. The van der Waals surface area contributed by atoms with Crippen molar-refractivity contribution in [3.05, 3.63) is 59.2 Å². The second kappa shape index (κ2) is 7.11. The molecular formula is C22H19F3N2O2. The summed E-state index contributed by atoms with van der Waals surface area (Å²) in [4.78, 5) is 18.4. The maximum atomic E-state index is 13.8. The van der Waals surface area contributed by atoms with Crippen LogP contribution in [-0.2, 0) is 4.79 Å². The van der Waals surface area contributed by atoms with Gasteiger partial charge in [-0.3, -0.25) is 9.78 Å². The molecule has 0 spiro atoms. The molecule has 150 valence electrons. The van der Waals surface area contributed by atoms with Gasteiger partial charge in [0.25, 0.3) is 6.43 Å². The molecule has 4 nitrogen and oxygen atoms in total. The van der Waals surface area contributed by atoms with E-state index in [2.05, 4.69) is 16.8 Å². The second-order valence-corrected chi connectivity index (χ2v) is 7.81. The minimum absolute atomic E-state index is 0.231. The summed E-state index contributed by atoms with van der Waals surface area (Å²) in [6, 6.07) is 5.78. The third kappa shape index (κ3) is 3.33. The van der Waals surface area contributed by atoms with Gasteiger partial charge < -0.3 is 9.64 Å². The van der Waals surface area contributed by atoms with Crippen molar-refractivity contribution in [2.45, 2.75) is 38.8 Å². The first-order valence-corrected chi connectivity index (χ1v) is 9.29. The first-order valence-electron chi connectivity index (χ1n) is 9.29. The molecule has 0 aliphatic carbocycles. The van der Waals surface area contributed by atoms with Gasteiger partial charge >= 0.3 is 0 Å². The van der Waals surface area contributed by atoms with Crippen LogP contribution in [0.5, 0.6) is 5.75 Å². The van der Waals surface area contributed by atoms with E-state index in [1.54, 1.807) is 24.4 Å². The standard InChI is InChI=1S/C22H19F3N2O2/c1-22(2,20(24)25)21(28)27-12-15-9-18(27)16-11-26-10-14(19(16)29-15)8-7-13-5-3-4-6-17(13)23/h3-6,10-11,15,18,20H,9,12H2,1-2H3/t15-,18-/m0/s1. The van der Waals surface area contributed by atoms with E-state index in [9.17, 15) is 18.0 Å². The number of benzene rings is 1. The van der Waals surface area contributed by atoms with Gasteiger partial charge in [0, 0.05) is 24.4 Å². The first kappa shape index (κ1) is 19.3. The fourth-order valence-corrected chi connectivity index (χ4v) is 3.65. The molecule has 0 N–H and O–H groups in total. The fourth-order valence-electron chi connectivity index (χ4n) is 3.65. The molecule has 2 aliphatic rings. The summed E-state index contributed by atoms with van der Waals surface area (Å²) in [6.45, 7) is 2.73. The minimum atomic E-state index is -2.77. The van der Waals surface area contributed by atoms with Crippen LogP contribution in [0.15, 0.2) is 36.7 Å². The summed E-state index contributed by atoms with van der Waals surface area (Å²) < 4.78 is 46.6. The molecule has 0 radical (unpaired) electrons. The molecule has 4 rings (SSSR count). The van der Waals surface area contributed by atoms with Crippen LogP contribution in [0.4, 0.5) is 13.2 Å². The summed E-state index contributed by atoms with van der Waals surface area (Å²) in [5, 5.41) is 0. The van der Waals surface area contributed by atoms with Gasteiger partial charge in [0.05, 0.1) is 23.7 Å². The highest BCUT2D eigenvalue weighted by Gasteiger charge is 2.49. The van der Waals surface area contributed by atoms with Gasteiger partial charge in [-0.2, -0.15) is 0 Å². The number of ether oxygens (including phenoxy) is 1. The van der Waals surface area contributed by atoms with Crippen molar-refractivity contribution in [3.8, 4) is 17.6 Å². The normalized spacial score (nSPS) is 20.0. The zero-order valence-corrected chi connectivity index (χ0v) is 16.0. The van der Waals surface area contributed by atoms with Crippen molar-refractivity contribution in [2.75, 3.05) is 6.54 Å². The number of likely N-dealkylation sites (tertiary alicyclic amines) is 1. The number of hydrogen-bond acceptors (Lipinski definition) is 3. The van der Waals surface area contributed by atoms with E-state index in [0.717, 1.165) is 0 Å². The number of carbonyl (C=O) groups is 1. The monoisotopic (exact) mass is 400 g/mol. The first-order chi connectivity index (χ1) is 13.8. The molecule has 1 aromatic carbocycles. The van der Waals surface area contributed by atoms with Crippen LogP contribution in [-0.4, -0.2) is 34.9 Å². The quantitative estimate of drug-likeness (QED) is 0.717. The molecule has 29 heavy (non-hydrogen) atoms. The zero-order valence-electron chi connectivity index (χ0n) is 16.0. The maximum absolute atomic E-state index is 13.8. The molecule has 1 fully saturated rings. The number of carbonyl (C=O) groups excluding carboxylic acids is 1. The predicted octanol–water partition coefficient (Wildman–Crippen LogP) is 3.95. The van der Waals surface area contributed by atoms with Gasteiger partial charge in [0.2, 0.25) is 5.91 Å². The second-order valence-electron chi connectivity index (χ2n) is 7.81. The average molecular weight is 400 g/mol. The molecule has 0 saturated carbocycles. The molecule has 2 aliphatic heterocycles. The Kier molecular flexibility index (Phi) is 4.73. The van der Waals surface area contributed by atoms with Crippen LogP contribution in [0.2, 0.25) is 0 Å². The van der Waals surface area contributed by atoms with Gasteiger partial charge in [-0.25, -0.2) is 13.2 Å². The molecule has 1 amide bonds. The number of pyridine rings is 1. The molecule has 2 aromatic rings. The Balaban J connectivity index is 1.69. The highest BCUT2D eigenvalue weighted by Crippen LogP contribution is 2.46. The number of nitrogens with zero attached hydrogens (tertiary/aromatic N) is 2. The average Bonchev–Trinajstić information content (AvgIpc) is 3.04. The number of rotatable bonds is 2. The van der Waals surface area contributed by atoms with E-state index in [1.807, 2.05) is 0 Å². The maximum Gasteiger partial charge on any atom is 0.252 e. The van der Waals surface area contributed by atoms with Gasteiger partial charge in [-0.1, -0.05) is 24.0 Å². The largest absolute Gasteiger partial charge is 0.487 e. The van der Waals surface area contributed by atoms with Crippen molar-refractivity contribution in [2.24, 2.45) is 5.41 Å². The smallest absolute Gasteiger partial charge is 0.252 e. The fraction of sp³-hybridized carbons (Fsp3) is 0.364. The van der Waals surface area contributed by atoms with Gasteiger partial charge in [0.1, 0.15) is 23.1 Å². The molecule has 0 unspecified atom stereocenters. The molecule has 1 saturated heterocycles. The minimum Gasteiger partial charge on any atom is -0.487 e. The Hall–Kier alpha value is -3.01. The lowest BCUT2D eigenvalue weighted by Gasteiger charge is -2.32. The van der Waals surface area contributed by atoms with Crippen LogP contribution in [0.25, 0.3) is 0 Å². The van der Waals surface area contributed by atoms with E-state index < -0.39 is 29.6 Å². The zero-order chi connectivity index (χ0) is 20.8. The van der Waals surface area contributed by atoms with Gasteiger partial charge in [-0.05, 0) is 26.0 Å². The number of alkyl halides is 2. The molecule has 2 atom stereocenters. The van der Waals surface area contributed by atoms with Crippen LogP contribution in [0, 0.1) is 23.1 Å². The Morgan fingerprint density at radius 3 is 2.69 bits per heavy atom. The molecule has 1 aromatic heterocycles. The highest BCUT2D eigenvalue weighted by atomic mass is 19.3. The molecular weight excluding hydrogens is 381 g/mol.